The Kier molecular flexibility index (Phi) is 7.09. The van der Waals surface area contributed by atoms with Gasteiger partial charge in [0.2, 0.25) is 0 Å². The second-order valence-electron chi connectivity index (χ2n) is 5.14. The maximum atomic E-state index is 13.0. The molecule has 0 spiro atoms. The summed E-state index contributed by atoms with van der Waals surface area (Å²) in [4.78, 5) is 35.1. The highest BCUT2D eigenvalue weighted by atomic mass is 35.5. The van der Waals surface area contributed by atoms with E-state index >= 15 is 0 Å². The lowest BCUT2D eigenvalue weighted by molar-refractivity contribution is -0.146. The van der Waals surface area contributed by atoms with E-state index in [4.69, 9.17) is 23.2 Å². The molecule has 0 saturated carbocycles. The molecular formula is C17H12Cl2F2N2O4. The molecular weight excluding hydrogens is 405 g/mol. The topological polar surface area (TPSA) is 84.5 Å². The molecule has 0 heterocycles. The zero-order valence-corrected chi connectivity index (χ0v) is 15.0. The van der Waals surface area contributed by atoms with E-state index in [2.05, 4.69) is 15.4 Å². The Balaban J connectivity index is 1.77. The fraction of sp³-hybridized carbons (Fsp3) is 0.118. The van der Waals surface area contributed by atoms with Crippen molar-refractivity contribution in [3.05, 3.63) is 63.6 Å². The lowest BCUT2D eigenvalue weighted by Crippen LogP contribution is -2.32. The summed E-state index contributed by atoms with van der Waals surface area (Å²) in [5.41, 5.74) is 0.116. The number of benzene rings is 2. The number of hydrogen-bond acceptors (Lipinski definition) is 4. The molecule has 0 fully saturated rings. The van der Waals surface area contributed by atoms with Gasteiger partial charge in [0.05, 0.1) is 10.6 Å². The van der Waals surface area contributed by atoms with Gasteiger partial charge in [-0.3, -0.25) is 14.4 Å². The minimum absolute atomic E-state index is 0.000585. The van der Waals surface area contributed by atoms with Crippen molar-refractivity contribution in [2.75, 3.05) is 18.5 Å². The average molecular weight is 417 g/mol. The highest BCUT2D eigenvalue weighted by Crippen LogP contribution is 2.20. The number of esters is 1. The Hall–Kier alpha value is -2.71. The first-order valence-electron chi connectivity index (χ1n) is 7.40. The molecule has 0 aliphatic heterocycles. The van der Waals surface area contributed by atoms with Gasteiger partial charge in [-0.25, -0.2) is 8.78 Å². The van der Waals surface area contributed by atoms with Gasteiger partial charge in [-0.2, -0.15) is 0 Å². The molecule has 0 saturated heterocycles. The second-order valence-corrected chi connectivity index (χ2v) is 5.99. The zero-order valence-electron chi connectivity index (χ0n) is 13.5. The van der Waals surface area contributed by atoms with E-state index in [1.165, 1.54) is 18.2 Å². The first kappa shape index (κ1) is 20.6. The van der Waals surface area contributed by atoms with Gasteiger partial charge >= 0.3 is 5.97 Å². The van der Waals surface area contributed by atoms with Crippen molar-refractivity contribution in [2.45, 2.75) is 0 Å². The number of amides is 2. The highest BCUT2D eigenvalue weighted by molar-refractivity contribution is 6.36. The number of halogens is 4. The first-order chi connectivity index (χ1) is 12.8. The van der Waals surface area contributed by atoms with Gasteiger partial charge in [0.1, 0.15) is 6.54 Å². The number of carbonyl (C=O) groups is 3. The molecule has 27 heavy (non-hydrogen) atoms. The van der Waals surface area contributed by atoms with Crippen LogP contribution in [-0.4, -0.2) is 30.9 Å². The fourth-order valence-corrected chi connectivity index (χ4v) is 2.38. The lowest BCUT2D eigenvalue weighted by atomic mass is 10.2. The molecule has 0 atom stereocenters. The van der Waals surface area contributed by atoms with Crippen molar-refractivity contribution in [1.82, 2.24) is 5.32 Å². The average Bonchev–Trinajstić information content (AvgIpc) is 2.61. The van der Waals surface area contributed by atoms with Crippen molar-refractivity contribution in [2.24, 2.45) is 0 Å². The van der Waals surface area contributed by atoms with Crippen LogP contribution < -0.4 is 10.6 Å². The Labute approximate surface area is 162 Å². The van der Waals surface area contributed by atoms with Crippen LogP contribution in [0.15, 0.2) is 36.4 Å². The van der Waals surface area contributed by atoms with Crippen LogP contribution in [-0.2, 0) is 14.3 Å². The predicted molar refractivity (Wildman–Crippen MR) is 94.7 cm³/mol. The molecule has 0 aliphatic rings. The summed E-state index contributed by atoms with van der Waals surface area (Å²) in [5, 5.41) is 4.97. The minimum atomic E-state index is -1.13. The Morgan fingerprint density at radius 3 is 2.41 bits per heavy atom. The molecule has 0 bridgehead atoms. The van der Waals surface area contributed by atoms with Crippen molar-refractivity contribution in [1.29, 1.82) is 0 Å². The molecule has 142 valence electrons. The van der Waals surface area contributed by atoms with Crippen LogP contribution in [0.2, 0.25) is 10.0 Å². The molecule has 2 rings (SSSR count). The van der Waals surface area contributed by atoms with Gasteiger partial charge in [0, 0.05) is 16.8 Å². The Bertz CT molecular complexity index is 893. The van der Waals surface area contributed by atoms with Gasteiger partial charge in [-0.15, -0.1) is 0 Å². The maximum Gasteiger partial charge on any atom is 0.325 e. The van der Waals surface area contributed by atoms with E-state index in [-0.39, 0.29) is 16.3 Å². The monoisotopic (exact) mass is 416 g/mol. The van der Waals surface area contributed by atoms with Crippen LogP contribution >= 0.6 is 23.2 Å². The van der Waals surface area contributed by atoms with Gasteiger partial charge in [0.15, 0.2) is 18.2 Å². The molecule has 2 aromatic rings. The molecule has 10 heteroatoms. The van der Waals surface area contributed by atoms with Crippen LogP contribution in [0.3, 0.4) is 0 Å². The molecule has 0 radical (unpaired) electrons. The standard InChI is InChI=1S/C17H12Cl2F2N2O4/c18-9-1-3-11(12(19)5-9)17(26)22-7-16(25)27-8-15(24)23-10-2-4-13(20)14(21)6-10/h1-6H,7-8H2,(H,22,26)(H,23,24). The number of carbonyl (C=O) groups excluding carboxylic acids is 3. The summed E-state index contributed by atoms with van der Waals surface area (Å²) in [5.74, 6) is -4.46. The first-order valence-corrected chi connectivity index (χ1v) is 8.15. The molecule has 0 aliphatic carbocycles. The largest absolute Gasteiger partial charge is 0.454 e. The molecule has 2 amide bonds. The van der Waals surface area contributed by atoms with Gasteiger partial charge in [-0.1, -0.05) is 23.2 Å². The van der Waals surface area contributed by atoms with E-state index in [0.29, 0.717) is 5.02 Å². The Morgan fingerprint density at radius 1 is 1.00 bits per heavy atom. The SMILES string of the molecule is O=C(COC(=O)CNC(=O)c1ccc(Cl)cc1Cl)Nc1ccc(F)c(F)c1. The van der Waals surface area contributed by atoms with Crippen LogP contribution in [0.1, 0.15) is 10.4 Å². The third kappa shape index (κ3) is 6.19. The highest BCUT2D eigenvalue weighted by Gasteiger charge is 2.14. The summed E-state index contributed by atoms with van der Waals surface area (Å²) in [6.07, 6.45) is 0. The molecule has 2 aromatic carbocycles. The van der Waals surface area contributed by atoms with E-state index in [1.54, 1.807) is 0 Å². The number of rotatable bonds is 6. The van der Waals surface area contributed by atoms with Gasteiger partial charge in [0.25, 0.3) is 11.8 Å². The third-order valence-electron chi connectivity index (χ3n) is 3.14. The molecule has 0 unspecified atom stereocenters. The fourth-order valence-electron chi connectivity index (χ4n) is 1.89. The van der Waals surface area contributed by atoms with Crippen molar-refractivity contribution < 1.29 is 27.9 Å². The minimum Gasteiger partial charge on any atom is -0.454 e. The third-order valence-corrected chi connectivity index (χ3v) is 3.68. The van der Waals surface area contributed by atoms with Crippen LogP contribution in [0.25, 0.3) is 0 Å². The van der Waals surface area contributed by atoms with Crippen LogP contribution in [0, 0.1) is 11.6 Å². The van der Waals surface area contributed by atoms with Crippen LogP contribution in [0.4, 0.5) is 14.5 Å². The van der Waals surface area contributed by atoms with Gasteiger partial charge < -0.3 is 15.4 Å². The number of nitrogens with one attached hydrogen (secondary N) is 2. The van der Waals surface area contributed by atoms with E-state index < -0.39 is 42.6 Å². The molecule has 2 N–H and O–H groups in total. The smallest absolute Gasteiger partial charge is 0.325 e. The summed E-state index contributed by atoms with van der Waals surface area (Å²) in [6.45, 7) is -1.17. The number of hydrogen-bond donors (Lipinski definition) is 2. The van der Waals surface area contributed by atoms with Crippen molar-refractivity contribution in [3.63, 3.8) is 0 Å². The van der Waals surface area contributed by atoms with Crippen LogP contribution in [0.5, 0.6) is 0 Å². The summed E-state index contributed by atoms with van der Waals surface area (Å²) in [7, 11) is 0. The number of anilines is 1. The predicted octanol–water partition coefficient (Wildman–Crippen LogP) is 3.18. The lowest BCUT2D eigenvalue weighted by Gasteiger charge is -2.08. The number of ether oxygens (including phenoxy) is 1. The quantitative estimate of drug-likeness (QED) is 0.708. The molecule has 6 nitrogen and oxygen atoms in total. The Morgan fingerprint density at radius 2 is 1.74 bits per heavy atom. The zero-order chi connectivity index (χ0) is 20.0. The molecule has 0 aromatic heterocycles. The second kappa shape index (κ2) is 9.29. The van der Waals surface area contributed by atoms with Crippen molar-refractivity contribution in [3.8, 4) is 0 Å². The normalized spacial score (nSPS) is 10.2. The van der Waals surface area contributed by atoms with Gasteiger partial charge in [-0.05, 0) is 30.3 Å². The van der Waals surface area contributed by atoms with E-state index in [1.807, 2.05) is 0 Å². The van der Waals surface area contributed by atoms with Crippen molar-refractivity contribution >= 4 is 46.7 Å². The van der Waals surface area contributed by atoms with E-state index in [9.17, 15) is 23.2 Å². The summed E-state index contributed by atoms with van der Waals surface area (Å²) >= 11 is 11.6. The maximum absolute atomic E-state index is 13.0. The summed E-state index contributed by atoms with van der Waals surface area (Å²) < 4.78 is 30.5. The summed E-state index contributed by atoms with van der Waals surface area (Å²) in [6, 6.07) is 7.00. The van der Waals surface area contributed by atoms with E-state index in [0.717, 1.165) is 18.2 Å².